The molecule has 0 aliphatic carbocycles. The topological polar surface area (TPSA) is 59.3 Å². The first-order valence-corrected chi connectivity index (χ1v) is 7.50. The van der Waals surface area contributed by atoms with E-state index in [0.29, 0.717) is 12.5 Å². The van der Waals surface area contributed by atoms with Gasteiger partial charge in [-0.15, -0.1) is 0 Å². The molecule has 2 aromatic heterocycles. The molecule has 0 saturated carbocycles. The Bertz CT molecular complexity index is 858. The molecule has 0 atom stereocenters. The fourth-order valence-corrected chi connectivity index (χ4v) is 2.95. The zero-order valence-electron chi connectivity index (χ0n) is 11.9. The molecule has 0 aliphatic heterocycles. The average Bonchev–Trinajstić information content (AvgIpc) is 3.01. The van der Waals surface area contributed by atoms with E-state index in [1.807, 2.05) is 6.92 Å². The Hall–Kier alpha value is -2.42. The van der Waals surface area contributed by atoms with Gasteiger partial charge in [-0.05, 0) is 19.1 Å². The molecule has 0 saturated heterocycles. The zero-order valence-corrected chi connectivity index (χ0v) is 12.8. The number of nitrogens with zero attached hydrogens (tertiary/aromatic N) is 3. The van der Waals surface area contributed by atoms with Gasteiger partial charge < -0.3 is 5.32 Å². The molecule has 5 nitrogen and oxygen atoms in total. The number of carbonyl (C=O) groups is 1. The molecule has 2 heterocycles. The van der Waals surface area contributed by atoms with Gasteiger partial charge in [0.25, 0.3) is 5.91 Å². The third-order valence-corrected chi connectivity index (χ3v) is 4.09. The molecule has 1 N–H and O–H groups in total. The molecule has 0 aliphatic rings. The Morgan fingerprint density at radius 2 is 2.09 bits per heavy atom. The van der Waals surface area contributed by atoms with E-state index in [1.165, 1.54) is 11.3 Å². The number of benzene rings is 1. The molecule has 9 heteroatoms. The number of hydrogen-bond acceptors (Lipinski definition) is 4. The van der Waals surface area contributed by atoms with Crippen LogP contribution in [-0.4, -0.2) is 27.0 Å². The van der Waals surface area contributed by atoms with Crippen molar-refractivity contribution in [1.29, 1.82) is 0 Å². The van der Waals surface area contributed by atoms with Gasteiger partial charge in [0.2, 0.25) is 4.96 Å². The van der Waals surface area contributed by atoms with Crippen molar-refractivity contribution >= 4 is 22.2 Å². The molecule has 0 unspecified atom stereocenters. The summed E-state index contributed by atoms with van der Waals surface area (Å²) >= 11 is 1.38. The summed E-state index contributed by atoms with van der Waals surface area (Å²) < 4.78 is 41.1. The second kappa shape index (κ2) is 5.99. The minimum absolute atomic E-state index is 0.187. The van der Waals surface area contributed by atoms with Crippen LogP contribution in [0.1, 0.15) is 21.1 Å². The van der Waals surface area contributed by atoms with Crippen molar-refractivity contribution in [2.75, 3.05) is 6.54 Å². The maximum atomic E-state index is 13.5. The fourth-order valence-electron chi connectivity index (χ4n) is 2.03. The lowest BCUT2D eigenvalue weighted by Gasteiger charge is -2.05. The largest absolute Gasteiger partial charge is 0.352 e. The van der Waals surface area contributed by atoms with Crippen LogP contribution in [0.4, 0.5) is 13.2 Å². The second-order valence-electron chi connectivity index (χ2n) is 4.83. The van der Waals surface area contributed by atoms with Crippen molar-refractivity contribution in [3.8, 4) is 0 Å². The van der Waals surface area contributed by atoms with E-state index < -0.39 is 28.9 Å². The number of aromatic nitrogens is 3. The van der Waals surface area contributed by atoms with Crippen molar-refractivity contribution in [3.05, 3.63) is 52.0 Å². The van der Waals surface area contributed by atoms with Gasteiger partial charge in [0.05, 0.1) is 17.5 Å². The van der Waals surface area contributed by atoms with E-state index in [0.717, 1.165) is 21.7 Å². The van der Waals surface area contributed by atoms with E-state index in [4.69, 9.17) is 0 Å². The van der Waals surface area contributed by atoms with Crippen molar-refractivity contribution in [2.45, 2.75) is 13.3 Å². The third-order valence-electron chi connectivity index (χ3n) is 3.11. The summed E-state index contributed by atoms with van der Waals surface area (Å²) in [4.78, 5) is 16.8. The molecule has 120 valence electrons. The third kappa shape index (κ3) is 3.04. The highest BCUT2D eigenvalue weighted by molar-refractivity contribution is 7.16. The first kappa shape index (κ1) is 15.5. The number of imidazole rings is 1. The smallest absolute Gasteiger partial charge is 0.254 e. The fraction of sp³-hybridized carbons (Fsp3) is 0.214. The molecule has 0 spiro atoms. The summed E-state index contributed by atoms with van der Waals surface area (Å²) in [5, 5.41) is 7.48. The minimum Gasteiger partial charge on any atom is -0.352 e. The Morgan fingerprint density at radius 3 is 2.83 bits per heavy atom. The number of amides is 1. The van der Waals surface area contributed by atoms with Gasteiger partial charge in [0.1, 0.15) is 5.01 Å². The summed E-state index contributed by atoms with van der Waals surface area (Å²) in [5.41, 5.74) is 0.325. The van der Waals surface area contributed by atoms with Crippen LogP contribution in [0.5, 0.6) is 0 Å². The molecular weight excluding hydrogens is 329 g/mol. The highest BCUT2D eigenvalue weighted by Crippen LogP contribution is 2.16. The monoisotopic (exact) mass is 340 g/mol. The standard InChI is InChI=1S/C14H11F3N4OS/c1-7-6-21-14(19-7)23-10(20-21)4-5-18-13(22)8-2-3-9(15)12(17)11(8)16/h2-3,6H,4-5H2,1H3,(H,18,22). The lowest BCUT2D eigenvalue weighted by Crippen LogP contribution is -2.27. The van der Waals surface area contributed by atoms with Gasteiger partial charge in [-0.2, -0.15) is 5.10 Å². The number of aryl methyl sites for hydroxylation is 1. The average molecular weight is 340 g/mol. The van der Waals surface area contributed by atoms with Crippen LogP contribution < -0.4 is 5.32 Å². The molecule has 0 bridgehead atoms. The van der Waals surface area contributed by atoms with Crippen LogP contribution in [0.15, 0.2) is 18.3 Å². The van der Waals surface area contributed by atoms with Crippen LogP contribution in [0.25, 0.3) is 4.96 Å². The summed E-state index contributed by atoms with van der Waals surface area (Å²) in [6, 6.07) is 1.62. The van der Waals surface area contributed by atoms with E-state index in [1.54, 1.807) is 10.7 Å². The van der Waals surface area contributed by atoms with Crippen molar-refractivity contribution in [3.63, 3.8) is 0 Å². The molecule has 1 aromatic carbocycles. The van der Waals surface area contributed by atoms with Crippen LogP contribution >= 0.6 is 11.3 Å². The van der Waals surface area contributed by atoms with Gasteiger partial charge in [-0.25, -0.2) is 22.7 Å². The molecule has 23 heavy (non-hydrogen) atoms. The van der Waals surface area contributed by atoms with Gasteiger partial charge in [-0.3, -0.25) is 4.79 Å². The number of hydrogen-bond donors (Lipinski definition) is 1. The van der Waals surface area contributed by atoms with Crippen LogP contribution in [0, 0.1) is 24.4 Å². The first-order valence-electron chi connectivity index (χ1n) is 6.69. The lowest BCUT2D eigenvalue weighted by atomic mass is 10.2. The van der Waals surface area contributed by atoms with Crippen molar-refractivity contribution < 1.29 is 18.0 Å². The van der Waals surface area contributed by atoms with E-state index in [-0.39, 0.29) is 6.54 Å². The van der Waals surface area contributed by atoms with Crippen LogP contribution in [0.2, 0.25) is 0 Å². The summed E-state index contributed by atoms with van der Waals surface area (Å²) in [7, 11) is 0. The summed E-state index contributed by atoms with van der Waals surface area (Å²) in [5.74, 6) is -5.29. The van der Waals surface area contributed by atoms with E-state index in [2.05, 4.69) is 15.4 Å². The molecule has 1 amide bonds. The number of rotatable bonds is 4. The quantitative estimate of drug-likeness (QED) is 0.743. The number of halogens is 3. The summed E-state index contributed by atoms with van der Waals surface area (Å²) in [6.45, 7) is 2.05. The van der Waals surface area contributed by atoms with Crippen molar-refractivity contribution in [1.82, 2.24) is 19.9 Å². The molecule has 0 radical (unpaired) electrons. The zero-order chi connectivity index (χ0) is 16.6. The summed E-state index contributed by atoms with van der Waals surface area (Å²) in [6.07, 6.45) is 2.20. The maximum absolute atomic E-state index is 13.5. The second-order valence-corrected chi connectivity index (χ2v) is 5.87. The van der Waals surface area contributed by atoms with E-state index in [9.17, 15) is 18.0 Å². The maximum Gasteiger partial charge on any atom is 0.254 e. The number of carbonyl (C=O) groups excluding carboxylic acids is 1. The van der Waals surface area contributed by atoms with Gasteiger partial charge >= 0.3 is 0 Å². The van der Waals surface area contributed by atoms with Gasteiger partial charge in [-0.1, -0.05) is 11.3 Å². The molecule has 3 aromatic rings. The Labute approximate surface area is 132 Å². The van der Waals surface area contributed by atoms with Crippen molar-refractivity contribution in [2.24, 2.45) is 0 Å². The SMILES string of the molecule is Cc1cn2nc(CCNC(=O)c3ccc(F)c(F)c3F)sc2n1. The molecular formula is C14H11F3N4OS. The normalized spacial score (nSPS) is 11.1. The molecule has 3 rings (SSSR count). The minimum atomic E-state index is -1.66. The highest BCUT2D eigenvalue weighted by Gasteiger charge is 2.18. The number of fused-ring (bicyclic) bond motifs is 1. The number of nitrogens with one attached hydrogen (secondary N) is 1. The predicted molar refractivity (Wildman–Crippen MR) is 78.0 cm³/mol. The van der Waals surface area contributed by atoms with Crippen LogP contribution in [0.3, 0.4) is 0 Å². The molecule has 0 fully saturated rings. The van der Waals surface area contributed by atoms with Gasteiger partial charge in [0, 0.05) is 13.0 Å². The highest BCUT2D eigenvalue weighted by atomic mass is 32.1. The lowest BCUT2D eigenvalue weighted by molar-refractivity contribution is 0.0949. The Balaban J connectivity index is 1.62. The first-order chi connectivity index (χ1) is 11.0. The Morgan fingerprint density at radius 1 is 1.30 bits per heavy atom. The Kier molecular flexibility index (Phi) is 4.03. The predicted octanol–water partition coefficient (Wildman–Crippen LogP) is 2.49. The van der Waals surface area contributed by atoms with E-state index >= 15 is 0 Å². The van der Waals surface area contributed by atoms with Crippen LogP contribution in [-0.2, 0) is 6.42 Å². The van der Waals surface area contributed by atoms with Gasteiger partial charge in [0.15, 0.2) is 17.5 Å².